The number of nitrogens with zero attached hydrogens (tertiary/aromatic N) is 2. The summed E-state index contributed by atoms with van der Waals surface area (Å²) >= 11 is 1.84. The van der Waals surface area contributed by atoms with E-state index in [1.165, 1.54) is 47.8 Å². The molecule has 69 heavy (non-hydrogen) atoms. The molecular weight excluding hydrogens is 861 g/mol. The van der Waals surface area contributed by atoms with Gasteiger partial charge in [0.2, 0.25) is 0 Å². The number of hydrogen-bond donors (Lipinski definition) is 0. The Morgan fingerprint density at radius 3 is 1.30 bits per heavy atom. The largest absolute Gasteiger partial charge is 0.454 e. The van der Waals surface area contributed by atoms with Crippen LogP contribution in [0.15, 0.2) is 251 Å². The summed E-state index contributed by atoms with van der Waals surface area (Å²) in [5, 5.41) is 9.17. The molecule has 14 rings (SSSR count). The van der Waals surface area contributed by atoms with Gasteiger partial charge in [-0.3, -0.25) is 0 Å². The van der Waals surface area contributed by atoms with Gasteiger partial charge in [-0.25, -0.2) is 0 Å². The van der Waals surface area contributed by atoms with Crippen LogP contribution in [0.1, 0.15) is 0 Å². The summed E-state index contributed by atoms with van der Waals surface area (Å²) in [4.78, 5) is 4.75. The lowest BCUT2D eigenvalue weighted by Gasteiger charge is -2.27. The molecule has 4 nitrogen and oxygen atoms in total. The first-order chi connectivity index (χ1) is 34.2. The second kappa shape index (κ2) is 15.9. The summed E-state index contributed by atoms with van der Waals surface area (Å²) in [5.74, 6) is 0. The van der Waals surface area contributed by atoms with Gasteiger partial charge in [0, 0.05) is 64.2 Å². The molecule has 0 saturated heterocycles. The number of thiophene rings is 1. The van der Waals surface area contributed by atoms with Crippen molar-refractivity contribution in [2.45, 2.75) is 0 Å². The Balaban J connectivity index is 0.981. The van der Waals surface area contributed by atoms with E-state index in [4.69, 9.17) is 8.83 Å². The minimum absolute atomic E-state index is 0.854. The van der Waals surface area contributed by atoms with Crippen molar-refractivity contribution in [1.29, 1.82) is 0 Å². The molecule has 0 aliphatic rings. The molecule has 0 aliphatic carbocycles. The van der Waals surface area contributed by atoms with Crippen molar-refractivity contribution in [3.8, 4) is 22.3 Å². The van der Waals surface area contributed by atoms with E-state index in [1.807, 2.05) is 23.5 Å². The lowest BCUT2D eigenvalue weighted by atomic mass is 9.99. The maximum Gasteiger partial charge on any atom is 0.159 e. The van der Waals surface area contributed by atoms with Gasteiger partial charge in [-0.2, -0.15) is 0 Å². The van der Waals surface area contributed by atoms with E-state index in [1.54, 1.807) is 0 Å². The monoisotopic (exact) mass is 900 g/mol. The van der Waals surface area contributed by atoms with Gasteiger partial charge < -0.3 is 18.6 Å². The van der Waals surface area contributed by atoms with E-state index in [0.29, 0.717) is 0 Å². The number of rotatable bonds is 8. The molecule has 0 amide bonds. The van der Waals surface area contributed by atoms with E-state index in [2.05, 4.69) is 240 Å². The van der Waals surface area contributed by atoms with Crippen LogP contribution >= 0.6 is 11.3 Å². The lowest BCUT2D eigenvalue weighted by molar-refractivity contribution is 0.668. The van der Waals surface area contributed by atoms with Crippen LogP contribution < -0.4 is 9.80 Å². The first-order valence-electron chi connectivity index (χ1n) is 23.3. The van der Waals surface area contributed by atoms with Crippen molar-refractivity contribution in [2.24, 2.45) is 0 Å². The van der Waals surface area contributed by atoms with Gasteiger partial charge in [-0.15, -0.1) is 11.3 Å². The number of benzene rings is 11. The number of anilines is 6. The third-order valence-electron chi connectivity index (χ3n) is 13.7. The summed E-state index contributed by atoms with van der Waals surface area (Å²) in [7, 11) is 0. The van der Waals surface area contributed by atoms with Crippen LogP contribution in [0.4, 0.5) is 34.1 Å². The van der Waals surface area contributed by atoms with Gasteiger partial charge in [0.25, 0.3) is 0 Å². The molecule has 0 saturated carbocycles. The maximum atomic E-state index is 6.78. The van der Waals surface area contributed by atoms with Crippen LogP contribution in [0.5, 0.6) is 0 Å². The molecule has 11 aromatic carbocycles. The van der Waals surface area contributed by atoms with Crippen molar-refractivity contribution >= 4 is 120 Å². The molecule has 0 spiro atoms. The quantitative estimate of drug-likeness (QED) is 0.152. The van der Waals surface area contributed by atoms with Gasteiger partial charge in [-0.05, 0) is 100 Å². The highest BCUT2D eigenvalue weighted by Gasteiger charge is 2.25. The van der Waals surface area contributed by atoms with Gasteiger partial charge in [0.1, 0.15) is 11.2 Å². The van der Waals surface area contributed by atoms with Gasteiger partial charge in [-0.1, -0.05) is 170 Å². The maximum absolute atomic E-state index is 6.78. The van der Waals surface area contributed by atoms with Crippen LogP contribution in [0, 0.1) is 0 Å². The number of furan rings is 2. The van der Waals surface area contributed by atoms with Crippen LogP contribution in [0.3, 0.4) is 0 Å². The van der Waals surface area contributed by atoms with Crippen molar-refractivity contribution in [3.05, 3.63) is 243 Å². The summed E-state index contributed by atoms with van der Waals surface area (Å²) in [6.45, 7) is 0. The highest BCUT2D eigenvalue weighted by atomic mass is 32.1. The van der Waals surface area contributed by atoms with Crippen molar-refractivity contribution in [2.75, 3.05) is 9.80 Å². The highest BCUT2D eigenvalue weighted by Crippen LogP contribution is 2.50. The van der Waals surface area contributed by atoms with Crippen LogP contribution in [0.2, 0.25) is 0 Å². The minimum Gasteiger partial charge on any atom is -0.454 e. The number of para-hydroxylation sites is 4. The minimum atomic E-state index is 0.854. The molecule has 0 fully saturated rings. The second-order valence-corrected chi connectivity index (χ2v) is 18.7. The van der Waals surface area contributed by atoms with E-state index in [0.717, 1.165) is 83.4 Å². The summed E-state index contributed by atoms with van der Waals surface area (Å²) < 4.78 is 15.9. The third-order valence-corrected chi connectivity index (χ3v) is 14.8. The molecule has 0 N–H and O–H groups in total. The number of fused-ring (bicyclic) bond motifs is 11. The van der Waals surface area contributed by atoms with E-state index < -0.39 is 0 Å². The third kappa shape index (κ3) is 6.43. The smallest absolute Gasteiger partial charge is 0.159 e. The van der Waals surface area contributed by atoms with E-state index in [9.17, 15) is 0 Å². The normalized spacial score (nSPS) is 11.8. The molecule has 0 radical (unpaired) electrons. The second-order valence-electron chi connectivity index (χ2n) is 17.6. The zero-order valence-corrected chi connectivity index (χ0v) is 38.0. The van der Waals surface area contributed by atoms with E-state index in [-0.39, 0.29) is 0 Å². The van der Waals surface area contributed by atoms with Gasteiger partial charge in [0.05, 0.1) is 17.1 Å². The average Bonchev–Trinajstić information content (AvgIpc) is 4.12. The first-order valence-corrected chi connectivity index (χ1v) is 24.1. The summed E-state index contributed by atoms with van der Waals surface area (Å²) in [6, 6.07) is 86.8. The van der Waals surface area contributed by atoms with Gasteiger partial charge in [0.15, 0.2) is 11.2 Å². The molecule has 14 aromatic rings. The molecule has 0 atom stereocenters. The van der Waals surface area contributed by atoms with Crippen molar-refractivity contribution < 1.29 is 8.83 Å². The predicted molar refractivity (Wildman–Crippen MR) is 292 cm³/mol. The molecule has 324 valence electrons. The zero-order valence-electron chi connectivity index (χ0n) is 37.2. The molecule has 0 unspecified atom stereocenters. The summed E-state index contributed by atoms with van der Waals surface area (Å²) in [6.07, 6.45) is 0. The van der Waals surface area contributed by atoms with Crippen LogP contribution in [0.25, 0.3) is 97.1 Å². The molecule has 3 aromatic heterocycles. The fraction of sp³-hybridized carbons (Fsp3) is 0. The Morgan fingerprint density at radius 2 is 0.725 bits per heavy atom. The van der Waals surface area contributed by atoms with Crippen LogP contribution in [-0.2, 0) is 0 Å². The van der Waals surface area contributed by atoms with Crippen molar-refractivity contribution in [1.82, 2.24) is 0 Å². The van der Waals surface area contributed by atoms with Crippen LogP contribution in [-0.4, -0.2) is 0 Å². The Labute approximate surface area is 401 Å². The Bertz CT molecular complexity index is 4250. The Kier molecular flexibility index (Phi) is 9.04. The molecule has 3 heterocycles. The fourth-order valence-corrected chi connectivity index (χ4v) is 11.6. The first kappa shape index (κ1) is 39.3. The zero-order chi connectivity index (χ0) is 45.4. The van der Waals surface area contributed by atoms with Gasteiger partial charge >= 0.3 is 0 Å². The topological polar surface area (TPSA) is 32.8 Å². The predicted octanol–water partition coefficient (Wildman–Crippen LogP) is 19.3. The standard InChI is InChI=1S/C64H40N2O2S/c1-3-15-41(16-4-1)43-29-33-45(34-30-43)65(55-25-13-23-52-49-20-9-11-27-58(49)67-63(52)55)47-37-38-60-54(39-47)62-51-22-8-7-19-48(51)57(40-61(62)69-60)66(46-35-31-44(32-36-46)42-17-5-2-6-18-42)56-26-14-24-53-50-21-10-12-28-59(50)68-64(53)56/h1-40H. The lowest BCUT2D eigenvalue weighted by Crippen LogP contribution is -2.11. The average molecular weight is 901 g/mol. The molecular formula is C64H40N2O2S. The SMILES string of the molecule is c1ccc(-c2ccc(N(c3ccc4sc5cc(N(c6ccc(-c7ccccc7)cc6)c6cccc7c6oc6ccccc67)c6ccccc6c5c4c3)c3cccc4c3oc3ccccc34)cc2)cc1. The fourth-order valence-electron chi connectivity index (χ4n) is 10.5. The molecule has 0 bridgehead atoms. The highest BCUT2D eigenvalue weighted by molar-refractivity contribution is 7.26. The number of hydrogen-bond acceptors (Lipinski definition) is 5. The Morgan fingerprint density at radius 1 is 0.275 bits per heavy atom. The summed E-state index contributed by atoms with van der Waals surface area (Å²) in [5.41, 5.74) is 14.3. The van der Waals surface area contributed by atoms with Crippen molar-refractivity contribution in [3.63, 3.8) is 0 Å². The Hall–Kier alpha value is -8.90. The molecule has 0 aliphatic heterocycles. The molecule has 5 heteroatoms. The van der Waals surface area contributed by atoms with E-state index >= 15 is 0 Å².